The number of ether oxygens (including phenoxy) is 2. The maximum Gasteiger partial charge on any atom is 0.338 e. The Kier molecular flexibility index (Phi) is 4.57. The number of carbonyl (C=O) groups is 1. The van der Waals surface area contributed by atoms with Crippen LogP contribution in [0.1, 0.15) is 24.1 Å². The van der Waals surface area contributed by atoms with E-state index in [2.05, 4.69) is 20.8 Å². The van der Waals surface area contributed by atoms with E-state index in [1.165, 1.54) is 0 Å². The first-order chi connectivity index (χ1) is 11.6. The van der Waals surface area contributed by atoms with Gasteiger partial charge in [-0.15, -0.1) is 0 Å². The molecule has 1 aromatic carbocycles. The molecule has 0 saturated carbocycles. The van der Waals surface area contributed by atoms with Crippen molar-refractivity contribution in [3.05, 3.63) is 46.7 Å². The average Bonchev–Trinajstić information content (AvgIpc) is 3.02. The number of fused-ring (bicyclic) bond motifs is 1. The van der Waals surface area contributed by atoms with E-state index < -0.39 is 12.0 Å². The second kappa shape index (κ2) is 6.79. The summed E-state index contributed by atoms with van der Waals surface area (Å²) >= 11 is 0. The maximum atomic E-state index is 12.7. The number of esters is 1. The zero-order chi connectivity index (χ0) is 17.1. The summed E-state index contributed by atoms with van der Waals surface area (Å²) in [6, 6.07) is 7.40. The molecule has 0 spiro atoms. The molecule has 0 amide bonds. The minimum Gasteiger partial charge on any atom is -0.460 e. The number of rotatable bonds is 5. The summed E-state index contributed by atoms with van der Waals surface area (Å²) in [5.74, 6) is 0.0839. The van der Waals surface area contributed by atoms with Gasteiger partial charge in [0.25, 0.3) is 0 Å². The fourth-order valence-electron chi connectivity index (χ4n) is 2.75. The number of aryl methyl sites for hydroxylation is 1. The highest BCUT2D eigenvalue weighted by molar-refractivity contribution is 5.92. The van der Waals surface area contributed by atoms with Gasteiger partial charge in [0, 0.05) is 12.8 Å². The molecule has 0 bridgehead atoms. The predicted octanol–water partition coefficient (Wildman–Crippen LogP) is 1.46. The predicted molar refractivity (Wildman–Crippen MR) is 86.3 cm³/mol. The third-order valence-electron chi connectivity index (χ3n) is 3.94. The molecule has 0 radical (unpaired) electrons. The van der Waals surface area contributed by atoms with Crippen molar-refractivity contribution in [3.8, 4) is 0 Å². The number of hydrogen-bond donors (Lipinski definition) is 1. The number of anilines is 1. The van der Waals surface area contributed by atoms with Gasteiger partial charge in [-0.1, -0.05) is 29.4 Å². The smallest absolute Gasteiger partial charge is 0.338 e. The van der Waals surface area contributed by atoms with Crippen molar-refractivity contribution in [1.82, 2.24) is 20.2 Å². The standard InChI is InChI=1S/C16H19N5O3/c1-10-6-4-5-7-12(10)14-13(15(22)24-9-8-23-3)11(2)17-16-18-19-20-21(14)16/h4-7,14H,8-9H2,1-3H3,(H,17,18,20). The number of carbonyl (C=O) groups excluding carboxylic acids is 1. The second-order valence-corrected chi connectivity index (χ2v) is 5.50. The van der Waals surface area contributed by atoms with Gasteiger partial charge in [0.15, 0.2) is 0 Å². The Labute approximate surface area is 139 Å². The lowest BCUT2D eigenvalue weighted by atomic mass is 9.93. The number of tetrazole rings is 1. The topological polar surface area (TPSA) is 91.2 Å². The first-order valence-electron chi connectivity index (χ1n) is 7.60. The summed E-state index contributed by atoms with van der Waals surface area (Å²) in [4.78, 5) is 12.7. The fourth-order valence-corrected chi connectivity index (χ4v) is 2.75. The summed E-state index contributed by atoms with van der Waals surface area (Å²) in [5.41, 5.74) is 3.15. The van der Waals surface area contributed by atoms with E-state index in [4.69, 9.17) is 9.47 Å². The van der Waals surface area contributed by atoms with E-state index in [1.807, 2.05) is 38.1 Å². The molecule has 0 fully saturated rings. The Hall–Kier alpha value is -2.74. The van der Waals surface area contributed by atoms with Crippen molar-refractivity contribution in [3.63, 3.8) is 0 Å². The van der Waals surface area contributed by atoms with Crippen LogP contribution in [-0.2, 0) is 14.3 Å². The van der Waals surface area contributed by atoms with Gasteiger partial charge in [-0.25, -0.2) is 4.79 Å². The van der Waals surface area contributed by atoms with Gasteiger partial charge in [-0.05, 0) is 35.4 Å². The van der Waals surface area contributed by atoms with Crippen molar-refractivity contribution in [2.24, 2.45) is 0 Å². The Morgan fingerprint density at radius 1 is 1.29 bits per heavy atom. The number of allylic oxidation sites excluding steroid dienone is 1. The number of aromatic nitrogens is 4. The van der Waals surface area contributed by atoms with Crippen molar-refractivity contribution in [2.75, 3.05) is 25.6 Å². The molecule has 2 heterocycles. The molecule has 1 N–H and O–H groups in total. The molecule has 2 aromatic rings. The highest BCUT2D eigenvalue weighted by Crippen LogP contribution is 2.36. The van der Waals surface area contributed by atoms with E-state index in [-0.39, 0.29) is 6.61 Å². The van der Waals surface area contributed by atoms with E-state index in [1.54, 1.807) is 11.8 Å². The van der Waals surface area contributed by atoms with Gasteiger partial charge in [0.05, 0.1) is 12.2 Å². The summed E-state index contributed by atoms with van der Waals surface area (Å²) in [6.45, 7) is 4.34. The van der Waals surface area contributed by atoms with Crippen LogP contribution in [0.3, 0.4) is 0 Å². The van der Waals surface area contributed by atoms with E-state index in [9.17, 15) is 4.79 Å². The van der Waals surface area contributed by atoms with Crippen LogP contribution in [0, 0.1) is 6.92 Å². The summed E-state index contributed by atoms with van der Waals surface area (Å²) < 4.78 is 11.9. The largest absolute Gasteiger partial charge is 0.460 e. The van der Waals surface area contributed by atoms with Crippen LogP contribution in [-0.4, -0.2) is 46.5 Å². The van der Waals surface area contributed by atoms with Crippen molar-refractivity contribution in [2.45, 2.75) is 19.9 Å². The zero-order valence-corrected chi connectivity index (χ0v) is 13.8. The van der Waals surface area contributed by atoms with Crippen LogP contribution in [0.4, 0.5) is 5.95 Å². The van der Waals surface area contributed by atoms with Gasteiger partial charge in [0.2, 0.25) is 5.95 Å². The number of methoxy groups -OCH3 is 1. The van der Waals surface area contributed by atoms with Crippen molar-refractivity contribution >= 4 is 11.9 Å². The molecule has 3 rings (SSSR count). The highest BCUT2D eigenvalue weighted by atomic mass is 16.6. The minimum atomic E-state index is -0.438. The molecule has 0 aliphatic carbocycles. The quantitative estimate of drug-likeness (QED) is 0.656. The van der Waals surface area contributed by atoms with E-state index in [0.29, 0.717) is 23.8 Å². The first kappa shape index (κ1) is 16.1. The van der Waals surface area contributed by atoms with E-state index in [0.717, 1.165) is 11.1 Å². The van der Waals surface area contributed by atoms with Crippen LogP contribution >= 0.6 is 0 Å². The highest BCUT2D eigenvalue weighted by Gasteiger charge is 2.35. The summed E-state index contributed by atoms with van der Waals surface area (Å²) in [6.07, 6.45) is 0. The van der Waals surface area contributed by atoms with Crippen LogP contribution in [0.5, 0.6) is 0 Å². The van der Waals surface area contributed by atoms with Crippen LogP contribution in [0.2, 0.25) is 0 Å². The second-order valence-electron chi connectivity index (χ2n) is 5.50. The number of hydrogen-bond acceptors (Lipinski definition) is 7. The normalized spacial score (nSPS) is 16.5. The molecule has 8 heteroatoms. The SMILES string of the molecule is COCCOC(=O)C1=C(C)Nc2nnnn2C1c1ccccc1C. The Morgan fingerprint density at radius 2 is 2.08 bits per heavy atom. The third-order valence-corrected chi connectivity index (χ3v) is 3.94. The molecular weight excluding hydrogens is 310 g/mol. The van der Waals surface area contributed by atoms with Gasteiger partial charge >= 0.3 is 5.97 Å². The van der Waals surface area contributed by atoms with Crippen molar-refractivity contribution in [1.29, 1.82) is 0 Å². The summed E-state index contributed by atoms with van der Waals surface area (Å²) in [5, 5.41) is 14.8. The van der Waals surface area contributed by atoms with Gasteiger partial charge in [-0.3, -0.25) is 0 Å². The molecule has 1 aliphatic rings. The maximum absolute atomic E-state index is 12.7. The molecule has 24 heavy (non-hydrogen) atoms. The average molecular weight is 329 g/mol. The van der Waals surface area contributed by atoms with Crippen molar-refractivity contribution < 1.29 is 14.3 Å². The van der Waals surface area contributed by atoms with Crippen LogP contribution < -0.4 is 5.32 Å². The Balaban J connectivity index is 2.04. The zero-order valence-electron chi connectivity index (χ0n) is 13.8. The molecular formula is C16H19N5O3. The van der Waals surface area contributed by atoms with E-state index >= 15 is 0 Å². The molecule has 0 saturated heterocycles. The Bertz CT molecular complexity index is 784. The lowest BCUT2D eigenvalue weighted by molar-refractivity contribution is -0.140. The molecule has 1 aromatic heterocycles. The van der Waals surface area contributed by atoms with Gasteiger partial charge < -0.3 is 14.8 Å². The van der Waals surface area contributed by atoms with Crippen LogP contribution in [0.15, 0.2) is 35.5 Å². The number of benzene rings is 1. The monoisotopic (exact) mass is 329 g/mol. The number of nitrogens with zero attached hydrogens (tertiary/aromatic N) is 4. The molecule has 126 valence electrons. The summed E-state index contributed by atoms with van der Waals surface area (Å²) in [7, 11) is 1.56. The molecule has 8 nitrogen and oxygen atoms in total. The number of nitrogens with one attached hydrogen (secondary N) is 1. The molecule has 1 atom stereocenters. The first-order valence-corrected chi connectivity index (χ1v) is 7.60. The fraction of sp³-hybridized carbons (Fsp3) is 0.375. The Morgan fingerprint density at radius 3 is 2.83 bits per heavy atom. The minimum absolute atomic E-state index is 0.190. The van der Waals surface area contributed by atoms with Gasteiger partial charge in [-0.2, -0.15) is 4.68 Å². The lowest BCUT2D eigenvalue weighted by Crippen LogP contribution is -2.30. The third kappa shape index (κ3) is 2.88. The lowest BCUT2D eigenvalue weighted by Gasteiger charge is -2.28. The van der Waals surface area contributed by atoms with Gasteiger partial charge in [0.1, 0.15) is 12.6 Å². The molecule has 1 aliphatic heterocycles. The van der Waals surface area contributed by atoms with Crippen LogP contribution in [0.25, 0.3) is 0 Å². The molecule has 1 unspecified atom stereocenters.